The molecule has 2 aromatic carbocycles. The van der Waals surface area contributed by atoms with Crippen LogP contribution >= 0.6 is 0 Å². The molecule has 0 saturated heterocycles. The summed E-state index contributed by atoms with van der Waals surface area (Å²) in [7, 11) is 1.58. The summed E-state index contributed by atoms with van der Waals surface area (Å²) in [5.41, 5.74) is 1.55. The SMILES string of the molecule is CCC(C)C(NC(=O)OC(C)(C)C)C(=O)N(C1CC1)C(C(=O)Nc1ccc(OC)cc1)c1ccccc1C. The molecule has 206 valence electrons. The number of hydrogen-bond acceptors (Lipinski definition) is 5. The van der Waals surface area contributed by atoms with E-state index in [0.717, 1.165) is 24.0 Å². The van der Waals surface area contributed by atoms with Crippen LogP contribution in [0.1, 0.15) is 71.0 Å². The Kier molecular flexibility index (Phi) is 9.41. The van der Waals surface area contributed by atoms with Crippen molar-refractivity contribution in [1.82, 2.24) is 10.2 Å². The van der Waals surface area contributed by atoms with Crippen LogP contribution < -0.4 is 15.4 Å². The van der Waals surface area contributed by atoms with E-state index in [1.165, 1.54) is 0 Å². The zero-order valence-electron chi connectivity index (χ0n) is 23.5. The van der Waals surface area contributed by atoms with Crippen molar-refractivity contribution in [1.29, 1.82) is 0 Å². The molecule has 1 fully saturated rings. The number of amides is 3. The number of rotatable bonds is 10. The first-order chi connectivity index (χ1) is 17.9. The van der Waals surface area contributed by atoms with Gasteiger partial charge in [0.2, 0.25) is 5.91 Å². The highest BCUT2D eigenvalue weighted by atomic mass is 16.6. The van der Waals surface area contributed by atoms with Crippen LogP contribution in [0.4, 0.5) is 10.5 Å². The van der Waals surface area contributed by atoms with E-state index in [9.17, 15) is 14.4 Å². The van der Waals surface area contributed by atoms with Crippen molar-refractivity contribution in [3.8, 4) is 5.75 Å². The molecule has 0 heterocycles. The fourth-order valence-electron chi connectivity index (χ4n) is 4.34. The van der Waals surface area contributed by atoms with Crippen molar-refractivity contribution in [2.24, 2.45) is 5.92 Å². The average molecular weight is 524 g/mol. The lowest BCUT2D eigenvalue weighted by Crippen LogP contribution is -2.55. The molecule has 8 nitrogen and oxygen atoms in total. The van der Waals surface area contributed by atoms with Gasteiger partial charge in [-0.2, -0.15) is 0 Å². The number of aryl methyl sites for hydroxylation is 1. The number of benzene rings is 2. The predicted octanol–water partition coefficient (Wildman–Crippen LogP) is 5.61. The first kappa shape index (κ1) is 29.0. The lowest BCUT2D eigenvalue weighted by atomic mass is 9.94. The highest BCUT2D eigenvalue weighted by Gasteiger charge is 2.45. The van der Waals surface area contributed by atoms with Crippen molar-refractivity contribution in [2.45, 2.75) is 84.5 Å². The molecule has 0 bridgehead atoms. The molecular weight excluding hydrogens is 482 g/mol. The molecule has 3 rings (SSSR count). The second kappa shape index (κ2) is 12.3. The Labute approximate surface area is 226 Å². The van der Waals surface area contributed by atoms with Crippen LogP contribution in [-0.4, -0.2) is 47.6 Å². The predicted molar refractivity (Wildman–Crippen MR) is 148 cm³/mol. The topological polar surface area (TPSA) is 97.0 Å². The van der Waals surface area contributed by atoms with Crippen molar-refractivity contribution in [3.05, 3.63) is 59.7 Å². The van der Waals surface area contributed by atoms with Gasteiger partial charge in [-0.05, 0) is 81.8 Å². The van der Waals surface area contributed by atoms with Gasteiger partial charge in [-0.1, -0.05) is 44.5 Å². The summed E-state index contributed by atoms with van der Waals surface area (Å²) in [5.74, 6) is -0.0907. The van der Waals surface area contributed by atoms with Crippen molar-refractivity contribution >= 4 is 23.6 Å². The number of alkyl carbamates (subject to hydrolysis) is 1. The van der Waals surface area contributed by atoms with Gasteiger partial charge in [-0.25, -0.2) is 4.79 Å². The molecule has 8 heteroatoms. The normalized spacial score (nSPS) is 15.6. The minimum atomic E-state index is -0.870. The van der Waals surface area contributed by atoms with Gasteiger partial charge in [0.15, 0.2) is 0 Å². The van der Waals surface area contributed by atoms with Gasteiger partial charge >= 0.3 is 6.09 Å². The van der Waals surface area contributed by atoms with E-state index < -0.39 is 23.8 Å². The number of anilines is 1. The van der Waals surface area contributed by atoms with Gasteiger partial charge in [0.05, 0.1) is 7.11 Å². The standard InChI is InChI=1S/C30H41N3O5/c1-8-19(2)25(32-29(36)38-30(4,5)6)28(35)33(22-15-16-22)26(24-12-10-9-11-20(24)3)27(34)31-21-13-17-23(37-7)18-14-21/h9-14,17-19,22,25-26H,8,15-16H2,1-7H3,(H,31,34)(H,32,36). The van der Waals surface area contributed by atoms with Crippen LogP contribution in [0.3, 0.4) is 0 Å². The lowest BCUT2D eigenvalue weighted by molar-refractivity contribution is -0.142. The molecule has 1 aliphatic carbocycles. The third-order valence-electron chi connectivity index (χ3n) is 6.71. The Morgan fingerprint density at radius 1 is 1.05 bits per heavy atom. The third kappa shape index (κ3) is 7.49. The minimum absolute atomic E-state index is 0.0966. The smallest absolute Gasteiger partial charge is 0.408 e. The quantitative estimate of drug-likeness (QED) is 0.422. The number of methoxy groups -OCH3 is 1. The molecule has 3 amide bonds. The molecule has 0 spiro atoms. The number of carbonyl (C=O) groups excluding carboxylic acids is 3. The van der Waals surface area contributed by atoms with E-state index in [2.05, 4.69) is 10.6 Å². The molecule has 1 aliphatic rings. The third-order valence-corrected chi connectivity index (χ3v) is 6.71. The lowest BCUT2D eigenvalue weighted by Gasteiger charge is -2.36. The van der Waals surface area contributed by atoms with Gasteiger partial charge in [-0.15, -0.1) is 0 Å². The highest BCUT2D eigenvalue weighted by molar-refractivity contribution is 5.99. The van der Waals surface area contributed by atoms with Gasteiger partial charge < -0.3 is 25.0 Å². The summed E-state index contributed by atoms with van der Waals surface area (Å²) in [5, 5.41) is 5.80. The van der Waals surface area contributed by atoms with Gasteiger partial charge in [0.25, 0.3) is 5.91 Å². The van der Waals surface area contributed by atoms with E-state index >= 15 is 0 Å². The summed E-state index contributed by atoms with van der Waals surface area (Å²) in [4.78, 5) is 42.6. The number of nitrogens with zero attached hydrogens (tertiary/aromatic N) is 1. The Hall–Kier alpha value is -3.55. The number of nitrogens with one attached hydrogen (secondary N) is 2. The zero-order chi connectivity index (χ0) is 28.0. The largest absolute Gasteiger partial charge is 0.497 e. The monoisotopic (exact) mass is 523 g/mol. The molecular formula is C30H41N3O5. The molecule has 0 aromatic heterocycles. The summed E-state index contributed by atoms with van der Waals surface area (Å²) < 4.78 is 10.7. The Balaban J connectivity index is 1.99. The zero-order valence-corrected chi connectivity index (χ0v) is 23.5. The molecule has 1 saturated carbocycles. The number of hydrogen-bond donors (Lipinski definition) is 2. The maximum Gasteiger partial charge on any atom is 0.408 e. The Morgan fingerprint density at radius 2 is 1.68 bits per heavy atom. The molecule has 38 heavy (non-hydrogen) atoms. The van der Waals surface area contributed by atoms with Gasteiger partial charge in [-0.3, -0.25) is 9.59 Å². The van der Waals surface area contributed by atoms with Gasteiger partial charge in [0.1, 0.15) is 23.4 Å². The fraction of sp³-hybridized carbons (Fsp3) is 0.500. The highest BCUT2D eigenvalue weighted by Crippen LogP contribution is 2.37. The van der Waals surface area contributed by atoms with Gasteiger partial charge in [0, 0.05) is 11.7 Å². The van der Waals surface area contributed by atoms with Crippen LogP contribution in [0.2, 0.25) is 0 Å². The van der Waals surface area contributed by atoms with E-state index in [1.807, 2.05) is 45.0 Å². The summed E-state index contributed by atoms with van der Waals surface area (Å²) in [6.45, 7) is 11.2. The maximum atomic E-state index is 14.3. The molecule has 0 aliphatic heterocycles. The van der Waals surface area contributed by atoms with E-state index in [4.69, 9.17) is 9.47 Å². The fourth-order valence-corrected chi connectivity index (χ4v) is 4.34. The first-order valence-corrected chi connectivity index (χ1v) is 13.3. The number of ether oxygens (including phenoxy) is 2. The second-order valence-corrected chi connectivity index (χ2v) is 11.0. The molecule has 0 radical (unpaired) electrons. The van der Waals surface area contributed by atoms with Crippen LogP contribution in [0.5, 0.6) is 5.75 Å². The molecule has 3 atom stereocenters. The second-order valence-electron chi connectivity index (χ2n) is 11.0. The summed E-state index contributed by atoms with van der Waals surface area (Å²) in [6, 6.07) is 12.9. The van der Waals surface area contributed by atoms with E-state index in [1.54, 1.807) is 57.0 Å². The van der Waals surface area contributed by atoms with Crippen LogP contribution in [-0.2, 0) is 14.3 Å². The van der Waals surface area contributed by atoms with Crippen molar-refractivity contribution < 1.29 is 23.9 Å². The van der Waals surface area contributed by atoms with E-state index in [0.29, 0.717) is 17.9 Å². The van der Waals surface area contributed by atoms with Crippen LogP contribution in [0, 0.1) is 12.8 Å². The molecule has 3 unspecified atom stereocenters. The minimum Gasteiger partial charge on any atom is -0.497 e. The first-order valence-electron chi connectivity index (χ1n) is 13.3. The number of carbonyl (C=O) groups is 3. The van der Waals surface area contributed by atoms with Crippen molar-refractivity contribution in [2.75, 3.05) is 12.4 Å². The molecule has 2 N–H and O–H groups in total. The van der Waals surface area contributed by atoms with Crippen LogP contribution in [0.25, 0.3) is 0 Å². The Morgan fingerprint density at radius 3 is 2.21 bits per heavy atom. The van der Waals surface area contributed by atoms with Crippen LogP contribution in [0.15, 0.2) is 48.5 Å². The van der Waals surface area contributed by atoms with Crippen molar-refractivity contribution in [3.63, 3.8) is 0 Å². The maximum absolute atomic E-state index is 14.3. The summed E-state index contributed by atoms with van der Waals surface area (Å²) in [6.07, 6.45) is 1.60. The summed E-state index contributed by atoms with van der Waals surface area (Å²) >= 11 is 0. The van der Waals surface area contributed by atoms with E-state index in [-0.39, 0.29) is 23.8 Å². The molecule has 2 aromatic rings. The average Bonchev–Trinajstić information content (AvgIpc) is 3.70. The Bertz CT molecular complexity index is 1120.